The van der Waals surface area contributed by atoms with Gasteiger partial charge in [0.05, 0.1) is 11.6 Å². The topological polar surface area (TPSA) is 35.2 Å². The molecule has 0 aliphatic rings. The number of nitrogens with two attached hydrogens (primary N) is 1. The van der Waals surface area contributed by atoms with Gasteiger partial charge in [-0.15, -0.1) is 11.3 Å². The van der Waals surface area contributed by atoms with Crippen LogP contribution in [0.5, 0.6) is 5.75 Å². The molecule has 1 atom stereocenters. The maximum Gasteiger partial charge on any atom is 0.133 e. The Morgan fingerprint density at radius 2 is 2.00 bits per heavy atom. The monoisotopic (exact) mass is 339 g/mol. The highest BCUT2D eigenvalue weighted by Gasteiger charge is 2.11. The lowest BCUT2D eigenvalue weighted by Gasteiger charge is -2.13. The lowest BCUT2D eigenvalue weighted by Crippen LogP contribution is -2.12. The van der Waals surface area contributed by atoms with Gasteiger partial charge in [0.2, 0.25) is 0 Å². The number of hydrogen-bond acceptors (Lipinski definition) is 3. The van der Waals surface area contributed by atoms with E-state index in [2.05, 4.69) is 35.0 Å². The zero-order valence-electron chi connectivity index (χ0n) is 11.2. The molecule has 0 bridgehead atoms. The summed E-state index contributed by atoms with van der Waals surface area (Å²) in [6, 6.07) is 10.4. The molecule has 0 saturated heterocycles. The molecule has 0 aliphatic heterocycles. The molecule has 0 fully saturated rings. The van der Waals surface area contributed by atoms with E-state index in [9.17, 15) is 0 Å². The van der Waals surface area contributed by atoms with Gasteiger partial charge in [-0.05, 0) is 52.2 Å². The molecule has 4 heteroatoms. The number of hydrogen-bond donors (Lipinski definition) is 1. The summed E-state index contributed by atoms with van der Waals surface area (Å²) in [5.41, 5.74) is 7.41. The third kappa shape index (κ3) is 3.59. The van der Waals surface area contributed by atoms with E-state index in [-0.39, 0.29) is 6.04 Å². The zero-order valence-corrected chi connectivity index (χ0v) is 13.6. The fourth-order valence-electron chi connectivity index (χ4n) is 1.97. The van der Waals surface area contributed by atoms with Crippen molar-refractivity contribution in [3.8, 4) is 5.75 Å². The molecular weight excluding hydrogens is 322 g/mol. The molecule has 2 aromatic rings. The van der Waals surface area contributed by atoms with Crippen LogP contribution < -0.4 is 10.5 Å². The molecule has 1 aromatic heterocycles. The number of rotatable bonds is 5. The van der Waals surface area contributed by atoms with Crippen LogP contribution >= 0.6 is 27.3 Å². The van der Waals surface area contributed by atoms with Crippen LogP contribution in [0.4, 0.5) is 0 Å². The number of ether oxygens (including phenoxy) is 1. The van der Waals surface area contributed by atoms with Gasteiger partial charge in [0.1, 0.15) is 5.75 Å². The van der Waals surface area contributed by atoms with Gasteiger partial charge in [-0.3, -0.25) is 0 Å². The third-order valence-corrected chi connectivity index (χ3v) is 4.96. The molecule has 102 valence electrons. The number of methoxy groups -OCH3 is 1. The highest BCUT2D eigenvalue weighted by atomic mass is 79.9. The van der Waals surface area contributed by atoms with Gasteiger partial charge in [-0.25, -0.2) is 0 Å². The Kier molecular flexibility index (Phi) is 5.02. The molecule has 1 heterocycles. The SMILES string of the molecule is CCc1ccc(CC(N)c2ccc(OC)c(Br)c2)s1. The first-order chi connectivity index (χ1) is 9.13. The maximum atomic E-state index is 6.28. The lowest BCUT2D eigenvalue weighted by molar-refractivity contribution is 0.412. The Morgan fingerprint density at radius 3 is 2.58 bits per heavy atom. The van der Waals surface area contributed by atoms with Crippen LogP contribution in [0.25, 0.3) is 0 Å². The summed E-state index contributed by atoms with van der Waals surface area (Å²) in [4.78, 5) is 2.76. The van der Waals surface area contributed by atoms with Crippen molar-refractivity contribution in [3.63, 3.8) is 0 Å². The van der Waals surface area contributed by atoms with E-state index in [0.717, 1.165) is 28.6 Å². The first-order valence-electron chi connectivity index (χ1n) is 6.30. The second kappa shape index (κ2) is 6.55. The van der Waals surface area contributed by atoms with Crippen molar-refractivity contribution in [3.05, 3.63) is 50.1 Å². The van der Waals surface area contributed by atoms with E-state index in [1.54, 1.807) is 7.11 Å². The van der Waals surface area contributed by atoms with Crippen LogP contribution in [-0.2, 0) is 12.8 Å². The normalized spacial score (nSPS) is 12.4. The molecule has 0 aliphatic carbocycles. The predicted octanol–water partition coefficient (Wildman–Crippen LogP) is 4.32. The lowest BCUT2D eigenvalue weighted by atomic mass is 10.0. The molecule has 19 heavy (non-hydrogen) atoms. The molecule has 0 amide bonds. The van der Waals surface area contributed by atoms with Crippen molar-refractivity contribution in [2.75, 3.05) is 7.11 Å². The summed E-state index contributed by atoms with van der Waals surface area (Å²) >= 11 is 5.35. The molecule has 1 aromatic carbocycles. The minimum absolute atomic E-state index is 0.0190. The van der Waals surface area contributed by atoms with Crippen molar-refractivity contribution in [1.29, 1.82) is 0 Å². The summed E-state index contributed by atoms with van der Waals surface area (Å²) < 4.78 is 6.18. The molecular formula is C15H18BrNOS. The molecule has 2 nitrogen and oxygen atoms in total. The average Bonchev–Trinajstić information content (AvgIpc) is 2.86. The predicted molar refractivity (Wildman–Crippen MR) is 85.0 cm³/mol. The first-order valence-corrected chi connectivity index (χ1v) is 7.91. The molecule has 0 radical (unpaired) electrons. The van der Waals surface area contributed by atoms with Crippen molar-refractivity contribution >= 4 is 27.3 Å². The Hall–Kier alpha value is -0.840. The van der Waals surface area contributed by atoms with Crippen LogP contribution in [0, 0.1) is 0 Å². The zero-order chi connectivity index (χ0) is 13.8. The van der Waals surface area contributed by atoms with Crippen LogP contribution in [0.3, 0.4) is 0 Å². The van der Waals surface area contributed by atoms with Gasteiger partial charge in [0, 0.05) is 22.2 Å². The smallest absolute Gasteiger partial charge is 0.133 e. The number of benzene rings is 1. The molecule has 1 unspecified atom stereocenters. The summed E-state index contributed by atoms with van der Waals surface area (Å²) in [6.45, 7) is 2.18. The highest BCUT2D eigenvalue weighted by Crippen LogP contribution is 2.29. The van der Waals surface area contributed by atoms with Crippen LogP contribution in [0.15, 0.2) is 34.8 Å². The van der Waals surface area contributed by atoms with E-state index < -0.39 is 0 Å². The average molecular weight is 340 g/mol. The van der Waals surface area contributed by atoms with E-state index >= 15 is 0 Å². The Morgan fingerprint density at radius 1 is 1.26 bits per heavy atom. The Labute approximate surface area is 126 Å². The van der Waals surface area contributed by atoms with Crippen molar-refractivity contribution in [1.82, 2.24) is 0 Å². The van der Waals surface area contributed by atoms with Crippen molar-refractivity contribution < 1.29 is 4.74 Å². The summed E-state index contributed by atoms with van der Waals surface area (Å²) in [7, 11) is 1.66. The fraction of sp³-hybridized carbons (Fsp3) is 0.333. The summed E-state index contributed by atoms with van der Waals surface area (Å²) in [5, 5.41) is 0. The number of aryl methyl sites for hydroxylation is 1. The van der Waals surface area contributed by atoms with Gasteiger partial charge >= 0.3 is 0 Å². The van der Waals surface area contributed by atoms with Gasteiger partial charge in [-0.1, -0.05) is 13.0 Å². The van der Waals surface area contributed by atoms with Gasteiger partial charge in [0.25, 0.3) is 0 Å². The van der Waals surface area contributed by atoms with Crippen LogP contribution in [0.1, 0.15) is 28.3 Å². The van der Waals surface area contributed by atoms with E-state index in [4.69, 9.17) is 10.5 Å². The van der Waals surface area contributed by atoms with Gasteiger partial charge in [0.15, 0.2) is 0 Å². The van der Waals surface area contributed by atoms with Crippen LogP contribution in [-0.4, -0.2) is 7.11 Å². The van der Waals surface area contributed by atoms with Gasteiger partial charge in [-0.2, -0.15) is 0 Å². The second-order valence-electron chi connectivity index (χ2n) is 4.43. The van der Waals surface area contributed by atoms with E-state index in [0.29, 0.717) is 0 Å². The Balaban J connectivity index is 2.10. The molecule has 0 spiro atoms. The van der Waals surface area contributed by atoms with Crippen molar-refractivity contribution in [2.24, 2.45) is 5.73 Å². The third-order valence-electron chi connectivity index (χ3n) is 3.09. The van der Waals surface area contributed by atoms with Gasteiger partial charge < -0.3 is 10.5 Å². The molecule has 0 saturated carbocycles. The van der Waals surface area contributed by atoms with Crippen LogP contribution in [0.2, 0.25) is 0 Å². The highest BCUT2D eigenvalue weighted by molar-refractivity contribution is 9.10. The largest absolute Gasteiger partial charge is 0.496 e. The van der Waals surface area contributed by atoms with E-state index in [1.807, 2.05) is 29.5 Å². The molecule has 2 N–H and O–H groups in total. The summed E-state index contributed by atoms with van der Waals surface area (Å²) in [5.74, 6) is 0.834. The minimum Gasteiger partial charge on any atom is -0.496 e. The fourth-order valence-corrected chi connectivity index (χ4v) is 3.54. The number of halogens is 1. The quantitative estimate of drug-likeness (QED) is 0.880. The van der Waals surface area contributed by atoms with E-state index in [1.165, 1.54) is 9.75 Å². The number of thiophene rings is 1. The Bertz CT molecular complexity index is 553. The van der Waals surface area contributed by atoms with Crippen molar-refractivity contribution in [2.45, 2.75) is 25.8 Å². The first kappa shape index (κ1) is 14.6. The summed E-state index contributed by atoms with van der Waals surface area (Å²) in [6.07, 6.45) is 1.97. The second-order valence-corrected chi connectivity index (χ2v) is 6.53. The standard InChI is InChI=1S/C15H18BrNOS/c1-3-11-5-6-12(19-11)9-14(17)10-4-7-15(18-2)13(16)8-10/h4-8,14H,3,9,17H2,1-2H3. The minimum atomic E-state index is 0.0190. The maximum absolute atomic E-state index is 6.28. The molecule has 2 rings (SSSR count).